The lowest BCUT2D eigenvalue weighted by Gasteiger charge is -2.10. The minimum absolute atomic E-state index is 0.152. The number of aliphatic hydroxyl groups is 1. The monoisotopic (exact) mass is 493 g/mol. The molecule has 2 aromatic carbocycles. The number of aromatic amines is 1. The number of ether oxygens (including phenoxy) is 2. The second-order valence-corrected chi connectivity index (χ2v) is 8.14. The zero-order valence-electron chi connectivity index (χ0n) is 20.4. The van der Waals surface area contributed by atoms with Gasteiger partial charge in [0.1, 0.15) is 35.6 Å². The molecule has 0 radical (unpaired) electrons. The van der Waals surface area contributed by atoms with Crippen LogP contribution in [0.4, 0.5) is 0 Å². The number of hydrogen-bond donors (Lipinski definition) is 2. The zero-order chi connectivity index (χ0) is 26.5. The Morgan fingerprint density at radius 3 is 2.51 bits per heavy atom. The number of rotatable bonds is 7. The van der Waals surface area contributed by atoms with E-state index in [-0.39, 0.29) is 17.0 Å². The van der Waals surface area contributed by atoms with Crippen LogP contribution >= 0.6 is 0 Å². The van der Waals surface area contributed by atoms with E-state index in [2.05, 4.69) is 9.97 Å². The molecule has 37 heavy (non-hydrogen) atoms. The lowest BCUT2D eigenvalue weighted by Crippen LogP contribution is -2.10. The van der Waals surface area contributed by atoms with Crippen molar-refractivity contribution in [2.45, 2.75) is 13.8 Å². The van der Waals surface area contributed by atoms with Gasteiger partial charge in [-0.05, 0) is 68.0 Å². The number of para-hydroxylation sites is 2. The highest BCUT2D eigenvalue weighted by Crippen LogP contribution is 2.25. The Morgan fingerprint density at radius 1 is 1.14 bits per heavy atom. The molecule has 2 aromatic heterocycles. The molecule has 0 aliphatic heterocycles. The largest absolute Gasteiger partial charge is 0.507 e. The van der Waals surface area contributed by atoms with Crippen LogP contribution in [0.25, 0.3) is 28.4 Å². The van der Waals surface area contributed by atoms with Crippen molar-refractivity contribution >= 4 is 28.7 Å². The number of fused-ring (bicyclic) bond motifs is 1. The summed E-state index contributed by atoms with van der Waals surface area (Å²) in [7, 11) is 1.60. The third-order valence-corrected chi connectivity index (χ3v) is 5.81. The first-order chi connectivity index (χ1) is 17.9. The van der Waals surface area contributed by atoms with Crippen molar-refractivity contribution in [1.82, 2.24) is 14.5 Å². The minimum Gasteiger partial charge on any atom is -0.507 e. The number of aliphatic hydroxyl groups excluding tert-OH is 1. The number of H-pyrrole nitrogens is 1. The third-order valence-electron chi connectivity index (χ3n) is 5.81. The molecule has 0 aliphatic rings. The summed E-state index contributed by atoms with van der Waals surface area (Å²) in [4.78, 5) is 19.9. The van der Waals surface area contributed by atoms with Crippen molar-refractivity contribution < 1.29 is 19.4 Å². The van der Waals surface area contributed by atoms with E-state index in [1.807, 2.05) is 67.0 Å². The molecule has 0 spiro atoms. The zero-order valence-corrected chi connectivity index (χ0v) is 20.4. The maximum Gasteiger partial charge on any atom is 0.349 e. The van der Waals surface area contributed by atoms with Crippen molar-refractivity contribution in [2.75, 3.05) is 13.7 Å². The SMILES string of the molecule is COc1ccc(-n2c(C)cc(C=C(C#N)C(=O)OC/C(O)=C(\C#N)c3nc4ccccc4[nH]3)c2C)cc1. The fraction of sp³-hybridized carbons (Fsp3) is 0.143. The van der Waals surface area contributed by atoms with E-state index < -0.39 is 18.3 Å². The number of aryl methyl sites for hydroxylation is 1. The first-order valence-corrected chi connectivity index (χ1v) is 11.3. The van der Waals surface area contributed by atoms with Gasteiger partial charge < -0.3 is 24.1 Å². The molecule has 0 bridgehead atoms. The molecule has 184 valence electrons. The topological polar surface area (TPSA) is 137 Å². The van der Waals surface area contributed by atoms with Gasteiger partial charge in [-0.2, -0.15) is 10.5 Å². The number of benzene rings is 2. The summed E-state index contributed by atoms with van der Waals surface area (Å²) >= 11 is 0. The Hall–Kier alpha value is -5.28. The molecule has 0 saturated carbocycles. The highest BCUT2D eigenvalue weighted by atomic mass is 16.5. The first kappa shape index (κ1) is 24.8. The molecule has 2 N–H and O–H groups in total. The Balaban J connectivity index is 1.54. The average molecular weight is 494 g/mol. The molecule has 2 heterocycles. The van der Waals surface area contributed by atoms with Crippen LogP contribution in [0.5, 0.6) is 5.75 Å². The second kappa shape index (κ2) is 10.5. The second-order valence-electron chi connectivity index (χ2n) is 8.14. The maximum atomic E-state index is 12.6. The first-order valence-electron chi connectivity index (χ1n) is 11.3. The van der Waals surface area contributed by atoms with Crippen LogP contribution in [0, 0.1) is 36.5 Å². The van der Waals surface area contributed by atoms with Crippen LogP contribution in [-0.2, 0) is 9.53 Å². The maximum absolute atomic E-state index is 12.6. The molecular weight excluding hydrogens is 470 g/mol. The highest BCUT2D eigenvalue weighted by molar-refractivity contribution is 5.98. The molecular formula is C28H23N5O4. The van der Waals surface area contributed by atoms with E-state index in [9.17, 15) is 20.4 Å². The lowest BCUT2D eigenvalue weighted by atomic mass is 10.1. The molecule has 0 atom stereocenters. The van der Waals surface area contributed by atoms with Crippen molar-refractivity contribution in [3.63, 3.8) is 0 Å². The molecule has 0 aliphatic carbocycles. The number of nitrogens with zero attached hydrogens (tertiary/aromatic N) is 4. The van der Waals surface area contributed by atoms with Gasteiger partial charge in [-0.3, -0.25) is 0 Å². The Kier molecular flexibility index (Phi) is 7.08. The van der Waals surface area contributed by atoms with Crippen molar-refractivity contribution in [2.24, 2.45) is 0 Å². The summed E-state index contributed by atoms with van der Waals surface area (Å²) < 4.78 is 12.4. The predicted octanol–water partition coefficient (Wildman–Crippen LogP) is 4.92. The normalized spacial score (nSPS) is 12.0. The molecule has 4 rings (SSSR count). The summed E-state index contributed by atoms with van der Waals surface area (Å²) in [6.45, 7) is 3.20. The summed E-state index contributed by atoms with van der Waals surface area (Å²) in [6.07, 6.45) is 1.44. The molecule has 0 unspecified atom stereocenters. The van der Waals surface area contributed by atoms with E-state index in [1.54, 1.807) is 25.3 Å². The molecule has 0 amide bonds. The van der Waals surface area contributed by atoms with Gasteiger partial charge in [0, 0.05) is 17.1 Å². The van der Waals surface area contributed by atoms with E-state index in [1.165, 1.54) is 6.08 Å². The van der Waals surface area contributed by atoms with Gasteiger partial charge in [0.2, 0.25) is 0 Å². The number of allylic oxidation sites excluding steroid dienone is 1. The molecule has 0 saturated heterocycles. The Labute approximate surface area is 213 Å². The van der Waals surface area contributed by atoms with Gasteiger partial charge in [0.05, 0.1) is 18.1 Å². The van der Waals surface area contributed by atoms with Gasteiger partial charge in [0.15, 0.2) is 11.6 Å². The van der Waals surface area contributed by atoms with Gasteiger partial charge in [-0.25, -0.2) is 9.78 Å². The van der Waals surface area contributed by atoms with Crippen molar-refractivity contribution in [3.05, 3.63) is 88.7 Å². The van der Waals surface area contributed by atoms with Crippen LogP contribution in [0.3, 0.4) is 0 Å². The van der Waals surface area contributed by atoms with Crippen LogP contribution in [0.15, 0.2) is 65.9 Å². The van der Waals surface area contributed by atoms with E-state index in [0.717, 1.165) is 22.8 Å². The standard InChI is InChI=1S/C28H23N5O4/c1-17-12-19(18(2)33(17)21-8-10-22(36-3)11-9-21)13-20(14-29)28(35)37-16-26(34)23(15-30)27-31-24-6-4-5-7-25(24)32-27/h4-13,34H,16H2,1-3H3,(H,31,32)/b20-13?,26-23-. The molecule has 0 fully saturated rings. The molecule has 9 nitrogen and oxygen atoms in total. The van der Waals surface area contributed by atoms with E-state index in [4.69, 9.17) is 9.47 Å². The van der Waals surface area contributed by atoms with Crippen LogP contribution in [-0.4, -0.2) is 39.3 Å². The summed E-state index contributed by atoms with van der Waals surface area (Å²) in [5, 5.41) is 29.6. The number of methoxy groups -OCH3 is 1. The minimum atomic E-state index is -0.926. The molecule has 4 aromatic rings. The quantitative estimate of drug-likeness (QED) is 0.161. The Bertz CT molecular complexity index is 1590. The molecule has 9 heteroatoms. The Morgan fingerprint density at radius 2 is 1.86 bits per heavy atom. The van der Waals surface area contributed by atoms with Gasteiger partial charge >= 0.3 is 5.97 Å². The number of carbonyl (C=O) groups excluding carboxylic acids is 1. The summed E-state index contributed by atoms with van der Waals surface area (Å²) in [5.41, 5.74) is 4.21. The van der Waals surface area contributed by atoms with Gasteiger partial charge in [0.25, 0.3) is 0 Å². The van der Waals surface area contributed by atoms with Gasteiger partial charge in [-0.15, -0.1) is 0 Å². The van der Waals surface area contributed by atoms with E-state index in [0.29, 0.717) is 16.6 Å². The van der Waals surface area contributed by atoms with Crippen LogP contribution < -0.4 is 4.74 Å². The fourth-order valence-electron chi connectivity index (χ4n) is 3.96. The van der Waals surface area contributed by atoms with Crippen LogP contribution in [0.1, 0.15) is 22.8 Å². The third kappa shape index (κ3) is 5.07. The number of aromatic nitrogens is 3. The summed E-state index contributed by atoms with van der Waals surface area (Å²) in [6, 6.07) is 20.3. The number of nitriles is 2. The number of hydrogen-bond acceptors (Lipinski definition) is 7. The summed E-state index contributed by atoms with van der Waals surface area (Å²) in [5.74, 6) is -0.521. The van der Waals surface area contributed by atoms with Crippen molar-refractivity contribution in [1.29, 1.82) is 10.5 Å². The predicted molar refractivity (Wildman–Crippen MR) is 138 cm³/mol. The number of nitrogens with one attached hydrogen (secondary N) is 1. The highest BCUT2D eigenvalue weighted by Gasteiger charge is 2.18. The number of carbonyl (C=O) groups is 1. The van der Waals surface area contributed by atoms with Gasteiger partial charge in [-0.1, -0.05) is 12.1 Å². The van der Waals surface area contributed by atoms with E-state index >= 15 is 0 Å². The average Bonchev–Trinajstić information content (AvgIpc) is 3.46. The van der Waals surface area contributed by atoms with Crippen LogP contribution in [0.2, 0.25) is 0 Å². The smallest absolute Gasteiger partial charge is 0.349 e. The fourth-order valence-corrected chi connectivity index (χ4v) is 3.96. The lowest BCUT2D eigenvalue weighted by molar-refractivity contribution is -0.138. The number of esters is 1. The van der Waals surface area contributed by atoms with Crippen molar-refractivity contribution in [3.8, 4) is 23.6 Å². The number of imidazole rings is 1.